The van der Waals surface area contributed by atoms with Gasteiger partial charge in [-0.2, -0.15) is 0 Å². The van der Waals surface area contributed by atoms with Crippen molar-refractivity contribution in [2.75, 3.05) is 19.7 Å². The standard InChI is InChI=1S/C59H83N15O13/c1-8-22-74(34(6)76)58(86)43(14-11-21-63-59(60)61)67-52(80)44(23-32(2)3)68-53(81)45(24-33(4)5)69-54(82)46(25-36-15-17-39(18-16-36)87-35(7)77)70-57(85)49(30-75)73-55(83)47(26-37-28-64-41-13-10-9-12-40(37)41)71-56(84)48(27-38-29-62-31-65-38)72-51(79)42-19-20-50(78)66-42/h9-10,12-13,15-18,28-29,31-33,42-49,64,75H,8,11,14,19-27,30H2,1-7H3,(H,62,65)(H,66,78)(H,67,80)(H,68,81)(H,69,82)(H,70,85)(H,71,84)(H,72,79)(H,73,83)(H4,60,61,63)/t42-,43-,44-,45+,46-,47-,48-,49-/m0/s1. The number of guanidine groups is 1. The van der Waals surface area contributed by atoms with Crippen LogP contribution in [0.5, 0.6) is 5.75 Å². The lowest BCUT2D eigenvalue weighted by Crippen LogP contribution is -2.61. The van der Waals surface area contributed by atoms with E-state index in [-0.39, 0.29) is 100 Å². The predicted octanol–water partition coefficient (Wildman–Crippen LogP) is -0.560. The summed E-state index contributed by atoms with van der Waals surface area (Å²) >= 11 is 0. The molecule has 0 bridgehead atoms. The van der Waals surface area contributed by atoms with E-state index >= 15 is 0 Å². The second kappa shape index (κ2) is 33.5. The molecule has 1 fully saturated rings. The van der Waals surface area contributed by atoms with Crippen molar-refractivity contribution in [3.05, 3.63) is 84.1 Å². The van der Waals surface area contributed by atoms with Crippen molar-refractivity contribution in [3.63, 3.8) is 0 Å². The SMILES string of the molecule is CCCN(C(C)=O)C(=O)[C@H](CCCN=C(N)N)NC(=O)[C@H](CC(C)C)NC(=O)[C@@H](CC(C)C)NC(=O)[C@H](Cc1ccc(OC(C)=O)cc1)NC(=O)[C@H](CO)NC(=O)[C@H](Cc1c[nH]c2ccccc12)NC(=O)[C@H](Cc1cnc[nH]1)NC(=O)[C@@H]1CCC(=O)N1. The first-order valence-corrected chi connectivity index (χ1v) is 29.1. The van der Waals surface area contributed by atoms with Crippen molar-refractivity contribution in [1.29, 1.82) is 0 Å². The van der Waals surface area contributed by atoms with E-state index in [0.29, 0.717) is 34.1 Å². The number of fused-ring (bicyclic) bond motifs is 1. The molecule has 0 aliphatic carbocycles. The molecule has 4 aromatic rings. The average molecular weight is 1210 g/mol. The molecular formula is C59H83N15O13. The Hall–Kier alpha value is -9.21. The number of benzene rings is 2. The van der Waals surface area contributed by atoms with E-state index in [2.05, 4.69) is 62.5 Å². The number of H-pyrrole nitrogens is 2. The number of amides is 10. The van der Waals surface area contributed by atoms with E-state index < -0.39 is 114 Å². The topological polar surface area (TPSA) is 426 Å². The Bertz CT molecular complexity index is 3070. The lowest BCUT2D eigenvalue weighted by atomic mass is 9.98. The Morgan fingerprint density at radius 2 is 1.26 bits per heavy atom. The number of carbonyl (C=O) groups excluding carboxylic acids is 11. The highest BCUT2D eigenvalue weighted by Gasteiger charge is 2.37. The van der Waals surface area contributed by atoms with Crippen LogP contribution in [-0.4, -0.2) is 164 Å². The molecule has 0 unspecified atom stereocenters. The number of hydrogen-bond donors (Lipinski definition) is 13. The summed E-state index contributed by atoms with van der Waals surface area (Å²) in [6.07, 6.45) is 5.03. The highest BCUT2D eigenvalue weighted by molar-refractivity contribution is 6.01. The highest BCUT2D eigenvalue weighted by atomic mass is 16.5. The molecule has 2 aromatic heterocycles. The number of aliphatic hydroxyl groups is 1. The highest BCUT2D eigenvalue weighted by Crippen LogP contribution is 2.21. The summed E-state index contributed by atoms with van der Waals surface area (Å²) in [5.41, 5.74) is 13.2. The van der Waals surface area contributed by atoms with E-state index in [4.69, 9.17) is 16.2 Å². The first-order valence-electron chi connectivity index (χ1n) is 29.1. The molecule has 2 aromatic carbocycles. The number of carbonyl (C=O) groups is 11. The smallest absolute Gasteiger partial charge is 0.308 e. The summed E-state index contributed by atoms with van der Waals surface area (Å²) in [6.45, 7) is 10.6. The number of hydrogen-bond acceptors (Lipinski definition) is 15. The number of nitrogens with two attached hydrogens (primary N) is 2. The van der Waals surface area contributed by atoms with Crippen LogP contribution >= 0.6 is 0 Å². The fourth-order valence-corrected chi connectivity index (χ4v) is 9.77. The van der Waals surface area contributed by atoms with Gasteiger partial charge in [-0.3, -0.25) is 62.6 Å². The van der Waals surface area contributed by atoms with Gasteiger partial charge >= 0.3 is 5.97 Å². The van der Waals surface area contributed by atoms with Crippen molar-refractivity contribution in [2.45, 2.75) is 161 Å². The molecule has 3 heterocycles. The monoisotopic (exact) mass is 1210 g/mol. The average Bonchev–Trinajstić information content (AvgIpc) is 2.61. The Morgan fingerprint density at radius 3 is 1.79 bits per heavy atom. The number of nitrogens with one attached hydrogen (secondary N) is 10. The Labute approximate surface area is 504 Å². The zero-order valence-electron chi connectivity index (χ0n) is 50.2. The van der Waals surface area contributed by atoms with Gasteiger partial charge in [-0.15, -0.1) is 0 Å². The molecule has 0 saturated carbocycles. The summed E-state index contributed by atoms with van der Waals surface area (Å²) in [4.78, 5) is 166. The third kappa shape index (κ3) is 21.7. The predicted molar refractivity (Wildman–Crippen MR) is 319 cm³/mol. The first kappa shape index (κ1) is 68.6. The Balaban J connectivity index is 1.42. The van der Waals surface area contributed by atoms with Crippen molar-refractivity contribution < 1.29 is 62.6 Å². The van der Waals surface area contributed by atoms with Crippen molar-refractivity contribution in [2.24, 2.45) is 28.3 Å². The molecular weight excluding hydrogens is 1130 g/mol. The molecule has 1 aliphatic heterocycles. The van der Waals surface area contributed by atoms with E-state index in [1.54, 1.807) is 51.2 Å². The minimum Gasteiger partial charge on any atom is -0.427 e. The zero-order valence-corrected chi connectivity index (χ0v) is 50.2. The number of aliphatic hydroxyl groups excluding tert-OH is 1. The number of nitrogens with zero attached hydrogens (tertiary/aromatic N) is 3. The molecule has 10 amide bonds. The number of imide groups is 1. The largest absolute Gasteiger partial charge is 0.427 e. The van der Waals surface area contributed by atoms with Crippen LogP contribution in [0.15, 0.2) is 72.2 Å². The van der Waals surface area contributed by atoms with Crippen molar-refractivity contribution >= 4 is 81.9 Å². The molecule has 0 spiro atoms. The van der Waals surface area contributed by atoms with Crippen LogP contribution in [0.3, 0.4) is 0 Å². The fourth-order valence-electron chi connectivity index (χ4n) is 9.77. The number of aliphatic imine (C=N–C) groups is 1. The van der Waals surface area contributed by atoms with Crippen LogP contribution in [-0.2, 0) is 72.0 Å². The number of imidazole rings is 1. The van der Waals surface area contributed by atoms with Crippen LogP contribution in [0.4, 0.5) is 0 Å². The fraction of sp³-hybridized carbons (Fsp3) is 0.508. The van der Waals surface area contributed by atoms with Gasteiger partial charge in [0.15, 0.2) is 5.96 Å². The van der Waals surface area contributed by atoms with Crippen molar-refractivity contribution in [1.82, 2.24) is 62.4 Å². The van der Waals surface area contributed by atoms with E-state index in [1.807, 2.05) is 13.8 Å². The molecule has 5 rings (SSSR count). The van der Waals surface area contributed by atoms with Gasteiger partial charge in [0.1, 0.15) is 54.1 Å². The maximum atomic E-state index is 14.7. The third-order valence-electron chi connectivity index (χ3n) is 14.1. The van der Waals surface area contributed by atoms with Gasteiger partial charge in [0.05, 0.1) is 12.9 Å². The molecule has 15 N–H and O–H groups in total. The quantitative estimate of drug-likeness (QED) is 0.00935. The Morgan fingerprint density at radius 1 is 0.713 bits per heavy atom. The van der Waals surface area contributed by atoms with E-state index in [9.17, 15) is 57.8 Å². The van der Waals surface area contributed by atoms with E-state index in [1.165, 1.54) is 50.6 Å². The maximum absolute atomic E-state index is 14.7. The third-order valence-corrected chi connectivity index (χ3v) is 14.1. The second-order valence-electron chi connectivity index (χ2n) is 22.3. The number of esters is 1. The minimum atomic E-state index is -1.77. The van der Waals surface area contributed by atoms with Crippen LogP contribution < -0.4 is 58.7 Å². The van der Waals surface area contributed by atoms with Gasteiger partial charge in [-0.05, 0) is 79.7 Å². The molecule has 28 nitrogen and oxygen atoms in total. The van der Waals surface area contributed by atoms with Gasteiger partial charge in [0.2, 0.25) is 53.2 Å². The number of aromatic nitrogens is 3. The number of ether oxygens (including phenoxy) is 1. The van der Waals surface area contributed by atoms with Gasteiger partial charge in [0.25, 0.3) is 5.91 Å². The number of aromatic amines is 2. The molecule has 87 heavy (non-hydrogen) atoms. The van der Waals surface area contributed by atoms with Gasteiger partial charge in [-0.25, -0.2) is 4.98 Å². The molecule has 0 radical (unpaired) electrons. The van der Waals surface area contributed by atoms with Crippen molar-refractivity contribution in [3.8, 4) is 5.75 Å². The molecule has 472 valence electrons. The van der Waals surface area contributed by atoms with Gasteiger partial charge in [0, 0.05) is 81.6 Å². The van der Waals surface area contributed by atoms with Gasteiger partial charge < -0.3 is 73.8 Å². The lowest BCUT2D eigenvalue weighted by Gasteiger charge is -2.29. The molecule has 28 heteroatoms. The number of rotatable bonds is 33. The maximum Gasteiger partial charge on any atom is 0.308 e. The van der Waals surface area contributed by atoms with Crippen LogP contribution in [0.2, 0.25) is 0 Å². The summed E-state index contributed by atoms with van der Waals surface area (Å²) in [5.74, 6) is -8.47. The first-order chi connectivity index (χ1) is 41.3. The summed E-state index contributed by atoms with van der Waals surface area (Å²) in [6, 6.07) is 2.32. The summed E-state index contributed by atoms with van der Waals surface area (Å²) in [5, 5.41) is 32.8. The van der Waals surface area contributed by atoms with Crippen LogP contribution in [0.25, 0.3) is 10.9 Å². The van der Waals surface area contributed by atoms with E-state index in [0.717, 1.165) is 4.90 Å². The zero-order chi connectivity index (χ0) is 63.9. The molecule has 1 saturated heterocycles. The molecule has 1 aliphatic rings. The Kier molecular flexibility index (Phi) is 26.4. The minimum absolute atomic E-state index is 0.0181. The number of para-hydroxylation sites is 1. The van der Waals surface area contributed by atoms with Crippen LogP contribution in [0, 0.1) is 11.8 Å². The normalized spacial score (nSPS) is 15.3. The van der Waals surface area contributed by atoms with Crippen LogP contribution in [0.1, 0.15) is 110 Å². The molecule has 8 atom stereocenters. The van der Waals surface area contributed by atoms with Gasteiger partial charge in [-0.1, -0.05) is 65.0 Å². The summed E-state index contributed by atoms with van der Waals surface area (Å²) < 4.78 is 5.19. The second-order valence-corrected chi connectivity index (χ2v) is 22.3. The summed E-state index contributed by atoms with van der Waals surface area (Å²) in [7, 11) is 0. The lowest BCUT2D eigenvalue weighted by molar-refractivity contribution is -0.146.